The number of carbonyl (C=O) groups is 2. The van der Waals surface area contributed by atoms with Gasteiger partial charge in [0.2, 0.25) is 3.23 Å². The number of benzene rings is 1. The van der Waals surface area contributed by atoms with E-state index in [-0.39, 0.29) is 31.3 Å². The van der Waals surface area contributed by atoms with Gasteiger partial charge in [-0.2, -0.15) is 0 Å². The first-order valence-corrected chi connectivity index (χ1v) is 12.9. The molecule has 1 saturated heterocycles. The fourth-order valence-corrected chi connectivity index (χ4v) is 4.65. The zero-order valence-electron chi connectivity index (χ0n) is 19.5. The van der Waals surface area contributed by atoms with Gasteiger partial charge in [-0.05, 0) is 32.3 Å². The summed E-state index contributed by atoms with van der Waals surface area (Å²) in [5.74, 6) is -0.970. The van der Waals surface area contributed by atoms with Crippen LogP contribution in [0.1, 0.15) is 65.4 Å². The number of ether oxygens (including phenoxy) is 4. The molecule has 9 heteroatoms. The van der Waals surface area contributed by atoms with Gasteiger partial charge < -0.3 is 24.1 Å². The molecule has 0 bridgehead atoms. The van der Waals surface area contributed by atoms with Gasteiger partial charge in [0.05, 0.1) is 18.3 Å². The summed E-state index contributed by atoms with van der Waals surface area (Å²) in [6.45, 7) is 6.99. The fraction of sp³-hybridized carbons (Fsp3) is 0.667. The summed E-state index contributed by atoms with van der Waals surface area (Å²) < 4.78 is 21.7. The molecule has 6 atom stereocenters. The molecule has 2 rings (SSSR count). The van der Waals surface area contributed by atoms with E-state index in [9.17, 15) is 14.7 Å². The van der Waals surface area contributed by atoms with Crippen LogP contribution in [0.2, 0.25) is 0 Å². The molecule has 0 spiro atoms. The number of aliphatic hydroxyl groups is 1. The Hall–Kier alpha value is -1.00. The van der Waals surface area contributed by atoms with E-state index < -0.39 is 33.5 Å². The van der Waals surface area contributed by atoms with Gasteiger partial charge >= 0.3 is 11.9 Å². The van der Waals surface area contributed by atoms with Gasteiger partial charge in [0.15, 0.2) is 6.29 Å². The highest BCUT2D eigenvalue weighted by Gasteiger charge is 2.39. The number of halogens is 2. The van der Waals surface area contributed by atoms with E-state index in [1.165, 1.54) is 6.92 Å². The number of rotatable bonds is 11. The first kappa shape index (κ1) is 28.2. The van der Waals surface area contributed by atoms with Crippen LogP contribution >= 0.6 is 31.9 Å². The summed E-state index contributed by atoms with van der Waals surface area (Å²) in [6.07, 6.45) is -0.264. The molecule has 1 aliphatic rings. The standard InChI is InChI=1S/C24H34Br2O7/c1-5-19(28)12-21(31-16(3)27)14-22(13-20-11-15(2)30-17(4)32-20)33-23(29)24(25,26)18-9-7-6-8-10-18/h6-10,15,17,19-22,28H,5,11-14H2,1-4H3. The second kappa shape index (κ2) is 13.2. The second-order valence-electron chi connectivity index (χ2n) is 8.48. The van der Waals surface area contributed by atoms with Crippen molar-refractivity contribution in [3.63, 3.8) is 0 Å². The van der Waals surface area contributed by atoms with E-state index in [1.807, 2.05) is 51.1 Å². The molecule has 186 valence electrons. The van der Waals surface area contributed by atoms with Gasteiger partial charge in [-0.1, -0.05) is 69.1 Å². The maximum atomic E-state index is 13.2. The third kappa shape index (κ3) is 9.28. The van der Waals surface area contributed by atoms with E-state index in [0.717, 1.165) is 0 Å². The van der Waals surface area contributed by atoms with Crippen LogP contribution in [0.15, 0.2) is 30.3 Å². The van der Waals surface area contributed by atoms with Crippen molar-refractivity contribution in [1.82, 2.24) is 0 Å². The van der Waals surface area contributed by atoms with E-state index in [0.29, 0.717) is 24.8 Å². The molecule has 0 radical (unpaired) electrons. The molecular weight excluding hydrogens is 560 g/mol. The van der Waals surface area contributed by atoms with Crippen LogP contribution in [-0.4, -0.2) is 53.9 Å². The van der Waals surface area contributed by atoms with Gasteiger partial charge in [-0.25, -0.2) is 4.79 Å². The average molecular weight is 594 g/mol. The Balaban J connectivity index is 2.21. The largest absolute Gasteiger partial charge is 0.462 e. The van der Waals surface area contributed by atoms with Gasteiger partial charge in [0, 0.05) is 26.2 Å². The van der Waals surface area contributed by atoms with Crippen LogP contribution in [0.25, 0.3) is 0 Å². The number of esters is 2. The number of carbonyl (C=O) groups excluding carboxylic acids is 2. The summed E-state index contributed by atoms with van der Waals surface area (Å²) in [5.41, 5.74) is 0.691. The van der Waals surface area contributed by atoms with Crippen molar-refractivity contribution < 1.29 is 33.6 Å². The van der Waals surface area contributed by atoms with Crippen molar-refractivity contribution in [3.8, 4) is 0 Å². The molecule has 1 aromatic carbocycles. The summed E-state index contributed by atoms with van der Waals surface area (Å²) in [4.78, 5) is 24.9. The minimum Gasteiger partial charge on any atom is -0.462 e. The predicted octanol–water partition coefficient (Wildman–Crippen LogP) is 4.95. The molecule has 1 fully saturated rings. The molecule has 6 unspecified atom stereocenters. The Morgan fingerprint density at radius 2 is 1.79 bits per heavy atom. The van der Waals surface area contributed by atoms with Gasteiger partial charge in [0.25, 0.3) is 0 Å². The first-order valence-electron chi connectivity index (χ1n) is 11.3. The van der Waals surface area contributed by atoms with Crippen molar-refractivity contribution in [2.45, 2.75) is 99.8 Å². The molecule has 1 N–H and O–H groups in total. The van der Waals surface area contributed by atoms with Crippen molar-refractivity contribution in [3.05, 3.63) is 35.9 Å². The zero-order valence-corrected chi connectivity index (χ0v) is 22.7. The third-order valence-electron chi connectivity index (χ3n) is 5.46. The van der Waals surface area contributed by atoms with Gasteiger partial charge in [0.1, 0.15) is 12.2 Å². The summed E-state index contributed by atoms with van der Waals surface area (Å²) in [5, 5.41) is 10.1. The van der Waals surface area contributed by atoms with Crippen molar-refractivity contribution in [1.29, 1.82) is 0 Å². The Labute approximate surface area is 212 Å². The molecule has 7 nitrogen and oxygen atoms in total. The summed E-state index contributed by atoms with van der Waals surface area (Å²) in [6, 6.07) is 9.15. The van der Waals surface area contributed by atoms with Crippen LogP contribution < -0.4 is 0 Å². The lowest BCUT2D eigenvalue weighted by atomic mass is 9.97. The number of alkyl halides is 2. The maximum Gasteiger partial charge on any atom is 0.338 e. The van der Waals surface area contributed by atoms with Crippen molar-refractivity contribution >= 4 is 43.8 Å². The SMILES string of the molecule is CCC(O)CC(CC(CC1CC(C)OC(C)O1)OC(=O)C(Br)(Br)c1ccccc1)OC(C)=O. The second-order valence-corrected chi connectivity index (χ2v) is 11.9. The van der Waals surface area contributed by atoms with Crippen LogP contribution in [0.5, 0.6) is 0 Å². The van der Waals surface area contributed by atoms with E-state index in [1.54, 1.807) is 0 Å². The maximum absolute atomic E-state index is 13.2. The smallest absolute Gasteiger partial charge is 0.338 e. The van der Waals surface area contributed by atoms with Gasteiger partial charge in [-0.15, -0.1) is 0 Å². The van der Waals surface area contributed by atoms with Crippen molar-refractivity contribution in [2.75, 3.05) is 0 Å². The van der Waals surface area contributed by atoms with Crippen LogP contribution in [0, 0.1) is 0 Å². The molecule has 0 aromatic heterocycles. The lowest BCUT2D eigenvalue weighted by Crippen LogP contribution is -2.40. The highest BCUT2D eigenvalue weighted by atomic mass is 79.9. The van der Waals surface area contributed by atoms with E-state index in [2.05, 4.69) is 31.9 Å². The highest BCUT2D eigenvalue weighted by molar-refractivity contribution is 9.25. The van der Waals surface area contributed by atoms with Crippen molar-refractivity contribution in [2.24, 2.45) is 0 Å². The molecule has 0 amide bonds. The van der Waals surface area contributed by atoms with Crippen LogP contribution in [0.4, 0.5) is 0 Å². The van der Waals surface area contributed by atoms with E-state index in [4.69, 9.17) is 18.9 Å². The van der Waals surface area contributed by atoms with Gasteiger partial charge in [-0.3, -0.25) is 4.79 Å². The molecule has 1 heterocycles. The zero-order chi connectivity index (χ0) is 24.6. The third-order valence-corrected chi connectivity index (χ3v) is 7.02. The monoisotopic (exact) mass is 592 g/mol. The quantitative estimate of drug-likeness (QED) is 0.286. The first-order chi connectivity index (χ1) is 15.5. The number of hydrogen-bond donors (Lipinski definition) is 1. The van der Waals surface area contributed by atoms with E-state index >= 15 is 0 Å². The Morgan fingerprint density at radius 3 is 2.36 bits per heavy atom. The normalized spacial score (nSPS) is 23.9. The lowest BCUT2D eigenvalue weighted by Gasteiger charge is -2.35. The van der Waals surface area contributed by atoms with Crippen LogP contribution in [0.3, 0.4) is 0 Å². The Morgan fingerprint density at radius 1 is 1.12 bits per heavy atom. The molecule has 33 heavy (non-hydrogen) atoms. The summed E-state index contributed by atoms with van der Waals surface area (Å²) >= 11 is 6.90. The molecule has 1 aromatic rings. The minimum atomic E-state index is -1.23. The number of hydrogen-bond acceptors (Lipinski definition) is 7. The molecule has 1 aliphatic heterocycles. The molecular formula is C24H34Br2O7. The average Bonchev–Trinajstić information content (AvgIpc) is 2.72. The number of aliphatic hydroxyl groups excluding tert-OH is 1. The topological polar surface area (TPSA) is 91.3 Å². The molecule has 0 aliphatic carbocycles. The predicted molar refractivity (Wildman–Crippen MR) is 131 cm³/mol. The van der Waals surface area contributed by atoms with Crippen LogP contribution in [-0.2, 0) is 31.8 Å². The Kier molecular flexibility index (Phi) is 11.3. The lowest BCUT2D eigenvalue weighted by molar-refractivity contribution is -0.235. The molecule has 0 saturated carbocycles. The minimum absolute atomic E-state index is 0.0111. The highest BCUT2D eigenvalue weighted by Crippen LogP contribution is 2.40. The Bertz CT molecular complexity index is 748. The summed E-state index contributed by atoms with van der Waals surface area (Å²) in [7, 11) is 0. The fourth-order valence-electron chi connectivity index (χ4n) is 3.93.